The van der Waals surface area contributed by atoms with Crippen LogP contribution in [0.1, 0.15) is 31.6 Å². The fraction of sp³-hybridized carbons (Fsp3) is 0.474. The van der Waals surface area contributed by atoms with Crippen LogP contribution in [-0.2, 0) is 9.53 Å². The van der Waals surface area contributed by atoms with Gasteiger partial charge in [0, 0.05) is 24.6 Å². The van der Waals surface area contributed by atoms with E-state index in [4.69, 9.17) is 14.0 Å². The number of carbonyl (C=O) groups is 2. The third kappa shape index (κ3) is 4.79. The van der Waals surface area contributed by atoms with Gasteiger partial charge in [0.15, 0.2) is 0 Å². The number of aromatic nitrogens is 2. The quantitative estimate of drug-likeness (QED) is 0.756. The van der Waals surface area contributed by atoms with Crippen LogP contribution in [0.5, 0.6) is 5.75 Å². The summed E-state index contributed by atoms with van der Waals surface area (Å²) in [7, 11) is 1.61. The Morgan fingerprint density at radius 3 is 2.82 bits per heavy atom. The lowest BCUT2D eigenvalue weighted by Crippen LogP contribution is -2.45. The van der Waals surface area contributed by atoms with Crippen molar-refractivity contribution in [2.75, 3.05) is 33.4 Å². The molecule has 2 aromatic rings. The minimum Gasteiger partial charge on any atom is -0.497 e. The summed E-state index contributed by atoms with van der Waals surface area (Å²) in [5.41, 5.74) is 0.824. The summed E-state index contributed by atoms with van der Waals surface area (Å²) in [6.07, 6.45) is 1.43. The highest BCUT2D eigenvalue weighted by Gasteiger charge is 2.28. The van der Waals surface area contributed by atoms with E-state index < -0.39 is 5.97 Å². The number of esters is 1. The molecule has 0 spiro atoms. The highest BCUT2D eigenvalue weighted by molar-refractivity contribution is 5.80. The molecule has 28 heavy (non-hydrogen) atoms. The number of piperidine rings is 1. The van der Waals surface area contributed by atoms with E-state index in [1.54, 1.807) is 18.9 Å². The minimum absolute atomic E-state index is 0.0981. The van der Waals surface area contributed by atoms with Gasteiger partial charge < -0.3 is 24.2 Å². The van der Waals surface area contributed by atoms with E-state index in [0.29, 0.717) is 44.3 Å². The van der Waals surface area contributed by atoms with E-state index in [2.05, 4.69) is 15.5 Å². The molecule has 1 fully saturated rings. The highest BCUT2D eigenvalue weighted by Crippen LogP contribution is 2.29. The topological polar surface area (TPSA) is 107 Å². The van der Waals surface area contributed by atoms with Crippen molar-refractivity contribution in [3.8, 4) is 17.1 Å². The third-order valence-electron chi connectivity index (χ3n) is 4.59. The van der Waals surface area contributed by atoms with Crippen molar-refractivity contribution in [2.45, 2.75) is 25.7 Å². The fourth-order valence-corrected chi connectivity index (χ4v) is 3.08. The lowest BCUT2D eigenvalue weighted by Gasteiger charge is -2.30. The average molecular weight is 388 g/mol. The first-order valence-electron chi connectivity index (χ1n) is 9.27. The van der Waals surface area contributed by atoms with E-state index in [1.807, 2.05) is 24.3 Å². The van der Waals surface area contributed by atoms with E-state index in [-0.39, 0.29) is 18.5 Å². The van der Waals surface area contributed by atoms with Crippen LogP contribution in [0, 0.1) is 0 Å². The van der Waals surface area contributed by atoms with Gasteiger partial charge in [-0.3, -0.25) is 4.79 Å². The van der Waals surface area contributed by atoms with Gasteiger partial charge in [0.25, 0.3) is 0 Å². The Balaban J connectivity index is 1.53. The maximum absolute atomic E-state index is 12.1. The molecular formula is C19H24N4O5. The molecule has 0 saturated carbocycles. The Bertz CT molecular complexity index is 814. The molecule has 3 rings (SSSR count). The first kappa shape index (κ1) is 19.7. The van der Waals surface area contributed by atoms with Gasteiger partial charge in [-0.25, -0.2) is 4.79 Å². The third-order valence-corrected chi connectivity index (χ3v) is 4.59. The number of nitrogens with zero attached hydrogens (tertiary/aromatic N) is 3. The van der Waals surface area contributed by atoms with Crippen molar-refractivity contribution in [3.63, 3.8) is 0 Å². The Kier molecular flexibility index (Phi) is 6.46. The lowest BCUT2D eigenvalue weighted by molar-refractivity contribution is -0.141. The number of hydrogen-bond acceptors (Lipinski definition) is 7. The predicted octanol–water partition coefficient (Wildman–Crippen LogP) is 2.20. The molecule has 150 valence electrons. The standard InChI is InChI=1S/C19H24N4O5/c1-3-27-16(24)12-20-19(25)23-9-7-13(8-10-23)18-21-17(22-28-18)14-5-4-6-15(11-14)26-2/h4-6,11,13H,3,7-10,12H2,1-2H3,(H,20,25). The van der Waals surface area contributed by atoms with Crippen LogP contribution in [0.4, 0.5) is 4.79 Å². The average Bonchev–Trinajstić information content (AvgIpc) is 3.23. The molecule has 0 unspecified atom stereocenters. The van der Waals surface area contributed by atoms with Gasteiger partial charge in [0.05, 0.1) is 13.7 Å². The second-order valence-corrected chi connectivity index (χ2v) is 6.41. The smallest absolute Gasteiger partial charge is 0.325 e. The summed E-state index contributed by atoms with van der Waals surface area (Å²) in [5, 5.41) is 6.65. The van der Waals surface area contributed by atoms with Gasteiger partial charge in [0.2, 0.25) is 11.7 Å². The van der Waals surface area contributed by atoms with Crippen molar-refractivity contribution in [1.82, 2.24) is 20.4 Å². The first-order valence-corrected chi connectivity index (χ1v) is 9.27. The molecule has 9 nitrogen and oxygen atoms in total. The number of methoxy groups -OCH3 is 1. The first-order chi connectivity index (χ1) is 13.6. The number of urea groups is 1. The van der Waals surface area contributed by atoms with Crippen molar-refractivity contribution < 1.29 is 23.6 Å². The zero-order valence-corrected chi connectivity index (χ0v) is 16.0. The van der Waals surface area contributed by atoms with Crippen molar-refractivity contribution >= 4 is 12.0 Å². The molecule has 0 aliphatic carbocycles. The van der Waals surface area contributed by atoms with Crippen LogP contribution in [0.2, 0.25) is 0 Å². The molecule has 1 saturated heterocycles. The molecule has 1 aliphatic rings. The van der Waals surface area contributed by atoms with Crippen molar-refractivity contribution in [2.24, 2.45) is 0 Å². The van der Waals surface area contributed by atoms with Crippen molar-refractivity contribution in [1.29, 1.82) is 0 Å². The Morgan fingerprint density at radius 2 is 2.11 bits per heavy atom. The molecule has 1 aliphatic heterocycles. The number of nitrogens with one attached hydrogen (secondary N) is 1. The maximum Gasteiger partial charge on any atom is 0.325 e. The molecular weight excluding hydrogens is 364 g/mol. The zero-order chi connectivity index (χ0) is 19.9. The second kappa shape index (κ2) is 9.20. The van der Waals surface area contributed by atoms with E-state index >= 15 is 0 Å². The molecule has 0 atom stereocenters. The molecule has 1 aromatic carbocycles. The summed E-state index contributed by atoms with van der Waals surface area (Å²) in [4.78, 5) is 29.7. The van der Waals surface area contributed by atoms with Crippen LogP contribution >= 0.6 is 0 Å². The summed E-state index contributed by atoms with van der Waals surface area (Å²) in [5.74, 6) is 1.47. The van der Waals surface area contributed by atoms with Gasteiger partial charge in [-0.15, -0.1) is 0 Å². The van der Waals surface area contributed by atoms with Gasteiger partial charge in [-0.05, 0) is 31.9 Å². The number of ether oxygens (including phenoxy) is 2. The summed E-state index contributed by atoms with van der Waals surface area (Å²) < 4.78 is 15.5. The van der Waals surface area contributed by atoms with Crippen LogP contribution in [0.25, 0.3) is 11.4 Å². The maximum atomic E-state index is 12.1. The van der Waals surface area contributed by atoms with Crippen LogP contribution < -0.4 is 10.1 Å². The Hall–Kier alpha value is -3.10. The summed E-state index contributed by atoms with van der Waals surface area (Å²) in [6, 6.07) is 7.21. The van der Waals surface area contributed by atoms with E-state index in [0.717, 1.165) is 11.3 Å². The normalized spacial score (nSPS) is 14.6. The number of likely N-dealkylation sites (tertiary alicyclic amines) is 1. The summed E-state index contributed by atoms with van der Waals surface area (Å²) >= 11 is 0. The largest absolute Gasteiger partial charge is 0.497 e. The Labute approximate surface area is 163 Å². The van der Waals surface area contributed by atoms with Crippen LogP contribution in [0.15, 0.2) is 28.8 Å². The highest BCUT2D eigenvalue weighted by atomic mass is 16.5. The zero-order valence-electron chi connectivity index (χ0n) is 16.0. The van der Waals surface area contributed by atoms with E-state index in [9.17, 15) is 9.59 Å². The molecule has 2 amide bonds. The lowest BCUT2D eigenvalue weighted by atomic mass is 9.97. The SMILES string of the molecule is CCOC(=O)CNC(=O)N1CCC(c2nc(-c3cccc(OC)c3)no2)CC1. The molecule has 0 radical (unpaired) electrons. The summed E-state index contributed by atoms with van der Waals surface area (Å²) in [6.45, 7) is 3.00. The van der Waals surface area contributed by atoms with Gasteiger partial charge in [-0.2, -0.15) is 4.98 Å². The molecule has 2 heterocycles. The molecule has 1 aromatic heterocycles. The number of benzene rings is 1. The molecule has 1 N–H and O–H groups in total. The van der Waals surface area contributed by atoms with Gasteiger partial charge in [0.1, 0.15) is 12.3 Å². The fourth-order valence-electron chi connectivity index (χ4n) is 3.08. The monoisotopic (exact) mass is 388 g/mol. The van der Waals surface area contributed by atoms with E-state index in [1.165, 1.54) is 0 Å². The number of rotatable bonds is 6. The minimum atomic E-state index is -0.443. The Morgan fingerprint density at radius 1 is 1.32 bits per heavy atom. The second-order valence-electron chi connectivity index (χ2n) is 6.41. The number of carbonyl (C=O) groups excluding carboxylic acids is 2. The van der Waals surface area contributed by atoms with Crippen LogP contribution in [0.3, 0.4) is 0 Å². The number of amides is 2. The molecule has 0 bridgehead atoms. The van der Waals surface area contributed by atoms with Gasteiger partial charge in [-0.1, -0.05) is 17.3 Å². The molecule has 9 heteroatoms. The predicted molar refractivity (Wildman–Crippen MR) is 99.9 cm³/mol. The van der Waals surface area contributed by atoms with Crippen molar-refractivity contribution in [3.05, 3.63) is 30.2 Å². The number of hydrogen-bond donors (Lipinski definition) is 1. The van der Waals surface area contributed by atoms with Crippen LogP contribution in [-0.4, -0.2) is 60.4 Å². The van der Waals surface area contributed by atoms with Gasteiger partial charge >= 0.3 is 12.0 Å².